The van der Waals surface area contributed by atoms with Crippen LogP contribution in [-0.4, -0.2) is 34.3 Å². The highest BCUT2D eigenvalue weighted by Gasteiger charge is 2.49. The first-order chi connectivity index (χ1) is 14.4. The van der Waals surface area contributed by atoms with Gasteiger partial charge in [-0.05, 0) is 31.5 Å². The number of hydrogen-bond acceptors (Lipinski definition) is 5. The maximum atomic E-state index is 13.0. The first-order valence-electron chi connectivity index (χ1n) is 9.38. The molecule has 4 amide bonds. The van der Waals surface area contributed by atoms with Crippen molar-refractivity contribution in [2.24, 2.45) is 0 Å². The summed E-state index contributed by atoms with van der Waals surface area (Å²) >= 11 is 1.50. The van der Waals surface area contributed by atoms with E-state index in [0.717, 1.165) is 21.0 Å². The Labute approximate surface area is 177 Å². The quantitative estimate of drug-likeness (QED) is 0.618. The molecule has 2 N–H and O–H groups in total. The van der Waals surface area contributed by atoms with E-state index in [9.17, 15) is 14.4 Å². The van der Waals surface area contributed by atoms with E-state index in [1.54, 1.807) is 37.4 Å². The van der Waals surface area contributed by atoms with Gasteiger partial charge >= 0.3 is 6.03 Å². The van der Waals surface area contributed by atoms with Gasteiger partial charge in [-0.15, -0.1) is 11.3 Å². The molecule has 0 aliphatic carbocycles. The average molecular weight is 420 g/mol. The maximum absolute atomic E-state index is 13.0. The third-order valence-electron chi connectivity index (χ3n) is 5.03. The molecular weight excluding hydrogens is 400 g/mol. The van der Waals surface area contributed by atoms with Crippen molar-refractivity contribution in [2.75, 3.05) is 11.9 Å². The molecule has 4 rings (SSSR count). The number of carbonyl (C=O) groups is 3. The lowest BCUT2D eigenvalue weighted by atomic mass is 9.91. The monoisotopic (exact) mass is 420 g/mol. The van der Waals surface area contributed by atoms with E-state index in [-0.39, 0.29) is 6.54 Å². The highest BCUT2D eigenvalue weighted by Crippen LogP contribution is 2.29. The molecule has 3 aromatic rings. The first kappa shape index (κ1) is 19.8. The predicted octanol–water partition coefficient (Wildman–Crippen LogP) is 3.52. The van der Waals surface area contributed by atoms with E-state index in [2.05, 4.69) is 15.6 Å². The fourth-order valence-electron chi connectivity index (χ4n) is 3.36. The predicted molar refractivity (Wildman–Crippen MR) is 115 cm³/mol. The van der Waals surface area contributed by atoms with E-state index in [1.807, 2.05) is 36.6 Å². The van der Waals surface area contributed by atoms with Gasteiger partial charge in [0, 0.05) is 22.8 Å². The van der Waals surface area contributed by atoms with Gasteiger partial charge in [0.2, 0.25) is 5.91 Å². The molecule has 0 spiro atoms. The Morgan fingerprint density at radius 3 is 2.67 bits per heavy atom. The number of thiazole rings is 1. The van der Waals surface area contributed by atoms with Gasteiger partial charge in [-0.3, -0.25) is 14.5 Å². The molecule has 1 aliphatic heterocycles. The van der Waals surface area contributed by atoms with Crippen LogP contribution in [0.5, 0.6) is 0 Å². The standard InChI is InChI=1S/C22H20N4O3S/c1-14-6-8-16(9-7-14)22(2)20(28)26(21(29)25-22)13-18(27)24-17-5-3-4-15(12-17)19-23-10-11-30-19/h3-12H,13H2,1-2H3,(H,24,27)(H,25,29). The molecule has 1 unspecified atom stereocenters. The van der Waals surface area contributed by atoms with Crippen LogP contribution in [0.3, 0.4) is 0 Å². The minimum Gasteiger partial charge on any atom is -0.325 e. The SMILES string of the molecule is Cc1ccc(C2(C)NC(=O)N(CC(=O)Nc3cccc(-c4nccs4)c3)C2=O)cc1. The van der Waals surface area contributed by atoms with Crippen molar-refractivity contribution in [1.29, 1.82) is 0 Å². The normalized spacial score (nSPS) is 18.4. The summed E-state index contributed by atoms with van der Waals surface area (Å²) in [6.45, 7) is 3.22. The van der Waals surface area contributed by atoms with Gasteiger partial charge in [0.1, 0.15) is 17.1 Å². The Balaban J connectivity index is 1.47. The number of imide groups is 1. The van der Waals surface area contributed by atoms with E-state index < -0.39 is 23.4 Å². The summed E-state index contributed by atoms with van der Waals surface area (Å²) in [5, 5.41) is 8.18. The van der Waals surface area contributed by atoms with Crippen molar-refractivity contribution in [1.82, 2.24) is 15.2 Å². The van der Waals surface area contributed by atoms with Crippen LogP contribution in [0.2, 0.25) is 0 Å². The Bertz CT molecular complexity index is 1110. The van der Waals surface area contributed by atoms with Gasteiger partial charge in [0.05, 0.1) is 0 Å². The minimum absolute atomic E-state index is 0.367. The number of hydrogen-bond donors (Lipinski definition) is 2. The molecule has 1 fully saturated rings. The van der Waals surface area contributed by atoms with Gasteiger partial charge < -0.3 is 10.6 Å². The highest BCUT2D eigenvalue weighted by molar-refractivity contribution is 7.13. The van der Waals surface area contributed by atoms with Crippen molar-refractivity contribution < 1.29 is 14.4 Å². The zero-order valence-electron chi connectivity index (χ0n) is 16.5. The number of benzene rings is 2. The van der Waals surface area contributed by atoms with E-state index in [4.69, 9.17) is 0 Å². The summed E-state index contributed by atoms with van der Waals surface area (Å²) < 4.78 is 0. The van der Waals surface area contributed by atoms with E-state index in [0.29, 0.717) is 11.3 Å². The number of urea groups is 1. The zero-order chi connectivity index (χ0) is 21.3. The Kier molecular flexibility index (Phi) is 5.09. The number of nitrogens with zero attached hydrogens (tertiary/aromatic N) is 2. The van der Waals surface area contributed by atoms with Gasteiger partial charge in [0.25, 0.3) is 5.91 Å². The lowest BCUT2D eigenvalue weighted by Gasteiger charge is -2.22. The van der Waals surface area contributed by atoms with E-state index in [1.165, 1.54) is 11.3 Å². The molecule has 7 nitrogen and oxygen atoms in total. The summed E-state index contributed by atoms with van der Waals surface area (Å²) in [7, 11) is 0. The molecule has 1 aromatic heterocycles. The Morgan fingerprint density at radius 2 is 1.97 bits per heavy atom. The Morgan fingerprint density at radius 1 is 1.20 bits per heavy atom. The Hall–Kier alpha value is -3.52. The van der Waals surface area contributed by atoms with Crippen LogP contribution in [0.25, 0.3) is 10.6 Å². The number of carbonyl (C=O) groups excluding carboxylic acids is 3. The summed E-state index contributed by atoms with van der Waals surface area (Å²) in [6.07, 6.45) is 1.72. The van der Waals surface area contributed by atoms with Gasteiger partial charge in [-0.2, -0.15) is 0 Å². The second-order valence-electron chi connectivity index (χ2n) is 7.28. The molecule has 1 atom stereocenters. The van der Waals surface area contributed by atoms with Crippen molar-refractivity contribution in [3.8, 4) is 10.6 Å². The van der Waals surface area contributed by atoms with Gasteiger partial charge in [-0.1, -0.05) is 42.0 Å². The topological polar surface area (TPSA) is 91.4 Å². The van der Waals surface area contributed by atoms with Crippen LogP contribution in [-0.2, 0) is 15.1 Å². The maximum Gasteiger partial charge on any atom is 0.325 e. The summed E-state index contributed by atoms with van der Waals surface area (Å²) in [6, 6.07) is 14.1. The largest absolute Gasteiger partial charge is 0.325 e. The summed E-state index contributed by atoms with van der Waals surface area (Å²) in [5.41, 5.74) is 1.97. The molecule has 0 saturated carbocycles. The summed E-state index contributed by atoms with van der Waals surface area (Å²) in [5.74, 6) is -0.911. The molecule has 8 heteroatoms. The molecule has 2 heterocycles. The molecule has 1 saturated heterocycles. The lowest BCUT2D eigenvalue weighted by molar-refractivity contribution is -0.133. The molecule has 30 heavy (non-hydrogen) atoms. The second kappa shape index (κ2) is 7.72. The summed E-state index contributed by atoms with van der Waals surface area (Å²) in [4.78, 5) is 43.2. The van der Waals surface area contributed by atoms with Crippen LogP contribution < -0.4 is 10.6 Å². The van der Waals surface area contributed by atoms with Crippen molar-refractivity contribution in [2.45, 2.75) is 19.4 Å². The number of aryl methyl sites for hydroxylation is 1. The van der Waals surface area contributed by atoms with Crippen LogP contribution in [0.1, 0.15) is 18.1 Å². The van der Waals surface area contributed by atoms with Gasteiger partial charge in [0.15, 0.2) is 0 Å². The molecule has 1 aliphatic rings. The molecule has 2 aromatic carbocycles. The molecule has 0 radical (unpaired) electrons. The van der Waals surface area contributed by atoms with Crippen molar-refractivity contribution in [3.05, 3.63) is 71.2 Å². The second-order valence-corrected chi connectivity index (χ2v) is 8.17. The number of nitrogens with one attached hydrogen (secondary N) is 2. The number of aromatic nitrogens is 1. The third kappa shape index (κ3) is 3.69. The fraction of sp³-hybridized carbons (Fsp3) is 0.182. The lowest BCUT2D eigenvalue weighted by Crippen LogP contribution is -2.42. The molecule has 152 valence electrons. The van der Waals surface area contributed by atoms with Crippen LogP contribution in [0.15, 0.2) is 60.1 Å². The first-order valence-corrected chi connectivity index (χ1v) is 10.3. The van der Waals surface area contributed by atoms with Crippen molar-refractivity contribution >= 4 is 34.9 Å². The molecular formula is C22H20N4O3S. The third-order valence-corrected chi connectivity index (χ3v) is 5.85. The zero-order valence-corrected chi connectivity index (χ0v) is 17.3. The van der Waals surface area contributed by atoms with Gasteiger partial charge in [-0.25, -0.2) is 9.78 Å². The minimum atomic E-state index is -1.20. The van der Waals surface area contributed by atoms with Crippen LogP contribution in [0, 0.1) is 6.92 Å². The number of rotatable bonds is 5. The van der Waals surface area contributed by atoms with E-state index >= 15 is 0 Å². The highest BCUT2D eigenvalue weighted by atomic mass is 32.1. The number of amides is 4. The molecule has 0 bridgehead atoms. The fourth-order valence-corrected chi connectivity index (χ4v) is 4.00. The van der Waals surface area contributed by atoms with Crippen molar-refractivity contribution in [3.63, 3.8) is 0 Å². The van der Waals surface area contributed by atoms with Crippen LogP contribution in [0.4, 0.5) is 10.5 Å². The van der Waals surface area contributed by atoms with Crippen LogP contribution >= 0.6 is 11.3 Å². The smallest absolute Gasteiger partial charge is 0.325 e. The average Bonchev–Trinajstić information content (AvgIpc) is 3.33. The number of anilines is 1.